The normalized spacial score (nSPS) is 10.9. The lowest BCUT2D eigenvalue weighted by molar-refractivity contribution is 0.0734. The highest BCUT2D eigenvalue weighted by Crippen LogP contribution is 2.29. The molecule has 158 valence electrons. The van der Waals surface area contributed by atoms with E-state index in [1.54, 1.807) is 36.4 Å². The standard InChI is InChI=1S/C25H16Cl2N2O3/c26-18-11-12-20(22(27)14-18)25(31)32-23-13-10-16-6-4-5-9-19(16)21(23)15-28-29-24(30)17-7-2-1-3-8-17/h1-15H,(H,29,30). The third kappa shape index (κ3) is 4.80. The molecular weight excluding hydrogens is 447 g/mol. The molecule has 0 atom stereocenters. The van der Waals surface area contributed by atoms with Crippen molar-refractivity contribution in [3.63, 3.8) is 0 Å². The minimum Gasteiger partial charge on any atom is -0.422 e. The van der Waals surface area contributed by atoms with E-state index in [1.807, 2.05) is 36.4 Å². The molecular formula is C25H16Cl2N2O3. The first-order valence-corrected chi connectivity index (χ1v) is 10.4. The molecule has 0 aliphatic heterocycles. The van der Waals surface area contributed by atoms with Crippen molar-refractivity contribution in [2.75, 3.05) is 0 Å². The summed E-state index contributed by atoms with van der Waals surface area (Å²) in [6, 6.07) is 24.3. The lowest BCUT2D eigenvalue weighted by Gasteiger charge is -2.11. The first-order chi connectivity index (χ1) is 15.5. The van der Waals surface area contributed by atoms with E-state index >= 15 is 0 Å². The Morgan fingerprint density at radius 2 is 1.62 bits per heavy atom. The smallest absolute Gasteiger partial charge is 0.345 e. The lowest BCUT2D eigenvalue weighted by atomic mass is 10.0. The monoisotopic (exact) mass is 462 g/mol. The van der Waals surface area contributed by atoms with E-state index in [9.17, 15) is 9.59 Å². The molecule has 0 aliphatic rings. The molecule has 7 heteroatoms. The van der Waals surface area contributed by atoms with Gasteiger partial charge in [0.05, 0.1) is 16.8 Å². The van der Waals surface area contributed by atoms with Crippen LogP contribution < -0.4 is 10.2 Å². The highest BCUT2D eigenvalue weighted by atomic mass is 35.5. The third-order valence-electron chi connectivity index (χ3n) is 4.68. The van der Waals surface area contributed by atoms with Crippen LogP contribution in [0.25, 0.3) is 10.8 Å². The summed E-state index contributed by atoms with van der Waals surface area (Å²) in [6.45, 7) is 0. The van der Waals surface area contributed by atoms with E-state index in [-0.39, 0.29) is 22.2 Å². The van der Waals surface area contributed by atoms with E-state index in [0.29, 0.717) is 16.1 Å². The van der Waals surface area contributed by atoms with E-state index in [0.717, 1.165) is 10.8 Å². The number of ether oxygens (including phenoxy) is 1. The van der Waals surface area contributed by atoms with Crippen molar-refractivity contribution in [3.8, 4) is 5.75 Å². The third-order valence-corrected chi connectivity index (χ3v) is 5.23. The molecule has 0 heterocycles. The van der Waals surface area contributed by atoms with Gasteiger partial charge >= 0.3 is 5.97 Å². The minimum absolute atomic E-state index is 0.185. The summed E-state index contributed by atoms with van der Waals surface area (Å²) in [6.07, 6.45) is 1.45. The molecule has 1 amide bonds. The highest BCUT2D eigenvalue weighted by molar-refractivity contribution is 6.36. The van der Waals surface area contributed by atoms with E-state index in [4.69, 9.17) is 27.9 Å². The number of hydrogen-bond acceptors (Lipinski definition) is 4. The van der Waals surface area contributed by atoms with Gasteiger partial charge in [0, 0.05) is 16.1 Å². The van der Waals surface area contributed by atoms with Crippen molar-refractivity contribution in [1.82, 2.24) is 5.43 Å². The van der Waals surface area contributed by atoms with Crippen LogP contribution >= 0.6 is 23.2 Å². The Morgan fingerprint density at radius 1 is 0.875 bits per heavy atom. The first kappa shape index (κ1) is 21.6. The molecule has 0 radical (unpaired) electrons. The van der Waals surface area contributed by atoms with Gasteiger partial charge in [-0.1, -0.05) is 71.7 Å². The van der Waals surface area contributed by atoms with Crippen LogP contribution in [0.4, 0.5) is 0 Å². The molecule has 0 spiro atoms. The van der Waals surface area contributed by atoms with Crippen LogP contribution in [0.5, 0.6) is 5.75 Å². The highest BCUT2D eigenvalue weighted by Gasteiger charge is 2.16. The summed E-state index contributed by atoms with van der Waals surface area (Å²) < 4.78 is 5.63. The summed E-state index contributed by atoms with van der Waals surface area (Å²) in [5.74, 6) is -0.712. The topological polar surface area (TPSA) is 67.8 Å². The zero-order valence-electron chi connectivity index (χ0n) is 16.6. The Balaban J connectivity index is 1.65. The van der Waals surface area contributed by atoms with Crippen molar-refractivity contribution in [3.05, 3.63) is 112 Å². The Kier molecular flexibility index (Phi) is 6.50. The van der Waals surface area contributed by atoms with E-state index < -0.39 is 5.97 Å². The van der Waals surface area contributed by atoms with Gasteiger partial charge in [0.1, 0.15) is 5.75 Å². The SMILES string of the molecule is O=C(NN=Cc1c(OC(=O)c2ccc(Cl)cc2Cl)ccc2ccccc12)c1ccccc1. The van der Waals surface area contributed by atoms with Gasteiger partial charge in [-0.15, -0.1) is 0 Å². The average Bonchev–Trinajstić information content (AvgIpc) is 2.80. The number of nitrogens with one attached hydrogen (secondary N) is 1. The second-order valence-electron chi connectivity index (χ2n) is 6.78. The maximum Gasteiger partial charge on any atom is 0.345 e. The van der Waals surface area contributed by atoms with Crippen LogP contribution in [0.2, 0.25) is 10.0 Å². The summed E-state index contributed by atoms with van der Waals surface area (Å²) in [7, 11) is 0. The van der Waals surface area contributed by atoms with Gasteiger partial charge in [-0.3, -0.25) is 4.79 Å². The van der Waals surface area contributed by atoms with Crippen LogP contribution in [0.3, 0.4) is 0 Å². The largest absolute Gasteiger partial charge is 0.422 e. The second kappa shape index (κ2) is 9.64. The Bertz CT molecular complexity index is 1340. The van der Waals surface area contributed by atoms with Gasteiger partial charge in [-0.25, -0.2) is 10.2 Å². The molecule has 5 nitrogen and oxygen atoms in total. The average molecular weight is 463 g/mol. The molecule has 0 aromatic heterocycles. The number of carbonyl (C=O) groups excluding carboxylic acids is 2. The van der Waals surface area contributed by atoms with Crippen LogP contribution in [0.1, 0.15) is 26.3 Å². The zero-order chi connectivity index (χ0) is 22.5. The molecule has 4 aromatic rings. The number of carbonyl (C=O) groups is 2. The fourth-order valence-corrected chi connectivity index (χ4v) is 3.60. The number of benzene rings is 4. The molecule has 0 unspecified atom stereocenters. The Labute approximate surface area is 194 Å². The Hall–Kier alpha value is -3.67. The van der Waals surface area contributed by atoms with Gasteiger partial charge in [0.25, 0.3) is 5.91 Å². The van der Waals surface area contributed by atoms with Crippen molar-refractivity contribution >= 4 is 52.1 Å². The number of amides is 1. The van der Waals surface area contributed by atoms with Gasteiger partial charge < -0.3 is 4.74 Å². The van der Waals surface area contributed by atoms with Gasteiger partial charge in [-0.2, -0.15) is 5.10 Å². The fraction of sp³-hybridized carbons (Fsp3) is 0. The Morgan fingerprint density at radius 3 is 2.41 bits per heavy atom. The summed E-state index contributed by atoms with van der Waals surface area (Å²) in [5, 5.41) is 6.41. The maximum atomic E-state index is 12.7. The summed E-state index contributed by atoms with van der Waals surface area (Å²) >= 11 is 12.1. The summed E-state index contributed by atoms with van der Waals surface area (Å²) in [5.41, 5.74) is 3.69. The fourth-order valence-electron chi connectivity index (χ4n) is 3.12. The predicted octanol–water partition coefficient (Wildman–Crippen LogP) is 6.13. The molecule has 4 rings (SSSR count). The number of nitrogens with zero attached hydrogens (tertiary/aromatic N) is 1. The van der Waals surface area contributed by atoms with Crippen LogP contribution in [-0.4, -0.2) is 18.1 Å². The number of rotatable bonds is 5. The number of fused-ring (bicyclic) bond motifs is 1. The van der Waals surface area contributed by atoms with E-state index in [1.165, 1.54) is 18.3 Å². The molecule has 4 aromatic carbocycles. The van der Waals surface area contributed by atoms with Crippen LogP contribution in [0.15, 0.2) is 90.0 Å². The number of halogens is 2. The van der Waals surface area contributed by atoms with Crippen molar-refractivity contribution in [2.45, 2.75) is 0 Å². The molecule has 1 N–H and O–H groups in total. The van der Waals surface area contributed by atoms with Crippen molar-refractivity contribution in [1.29, 1.82) is 0 Å². The first-order valence-electron chi connectivity index (χ1n) is 9.60. The molecule has 0 bridgehead atoms. The maximum absolute atomic E-state index is 12.7. The minimum atomic E-state index is -0.634. The molecule has 0 saturated carbocycles. The van der Waals surface area contributed by atoms with Crippen LogP contribution in [0, 0.1) is 0 Å². The van der Waals surface area contributed by atoms with Gasteiger partial charge in [0.15, 0.2) is 0 Å². The van der Waals surface area contributed by atoms with Crippen molar-refractivity contribution in [2.24, 2.45) is 5.10 Å². The zero-order valence-corrected chi connectivity index (χ0v) is 18.1. The van der Waals surface area contributed by atoms with Crippen molar-refractivity contribution < 1.29 is 14.3 Å². The van der Waals surface area contributed by atoms with Gasteiger partial charge in [0.2, 0.25) is 0 Å². The molecule has 0 fully saturated rings. The molecule has 0 saturated heterocycles. The van der Waals surface area contributed by atoms with Crippen LogP contribution in [-0.2, 0) is 0 Å². The predicted molar refractivity (Wildman–Crippen MR) is 127 cm³/mol. The molecule has 32 heavy (non-hydrogen) atoms. The quantitative estimate of drug-likeness (QED) is 0.168. The second-order valence-corrected chi connectivity index (χ2v) is 7.62. The summed E-state index contributed by atoms with van der Waals surface area (Å²) in [4.78, 5) is 25.0. The number of esters is 1. The number of hydrazone groups is 1. The van der Waals surface area contributed by atoms with E-state index in [2.05, 4.69) is 10.5 Å². The lowest BCUT2D eigenvalue weighted by Crippen LogP contribution is -2.17. The molecule has 0 aliphatic carbocycles. The number of hydrogen-bond donors (Lipinski definition) is 1. The van der Waals surface area contributed by atoms with Gasteiger partial charge in [-0.05, 0) is 47.2 Å².